The Labute approximate surface area is 175 Å². The van der Waals surface area contributed by atoms with Crippen molar-refractivity contribution in [2.75, 3.05) is 19.0 Å². The molecule has 1 aromatic heterocycles. The van der Waals surface area contributed by atoms with Crippen LogP contribution in [0.2, 0.25) is 0 Å². The molecule has 3 aromatic carbocycles. The lowest BCUT2D eigenvalue weighted by Crippen LogP contribution is -2.22. The molecule has 4 rings (SSSR count). The number of nitrogens with one attached hydrogen (secondary N) is 2. The molecule has 4 aromatic rings. The molecule has 0 amide bonds. The fourth-order valence-corrected chi connectivity index (χ4v) is 3.51. The van der Waals surface area contributed by atoms with Gasteiger partial charge in [0.15, 0.2) is 0 Å². The van der Waals surface area contributed by atoms with Crippen molar-refractivity contribution in [3.63, 3.8) is 0 Å². The highest BCUT2D eigenvalue weighted by atomic mass is 16.5. The number of aromatic amines is 1. The molecule has 0 bridgehead atoms. The smallest absolute Gasteiger partial charge is 0.254 e. The molecular formula is C25H24N2O3. The minimum absolute atomic E-state index is 0.125. The van der Waals surface area contributed by atoms with Crippen molar-refractivity contribution < 1.29 is 9.47 Å². The van der Waals surface area contributed by atoms with Gasteiger partial charge in [0.2, 0.25) is 0 Å². The van der Waals surface area contributed by atoms with Gasteiger partial charge in [-0.15, -0.1) is 0 Å². The first kappa shape index (κ1) is 19.6. The van der Waals surface area contributed by atoms with Crippen molar-refractivity contribution in [2.45, 2.75) is 13.0 Å². The number of pyridine rings is 1. The summed E-state index contributed by atoms with van der Waals surface area (Å²) < 4.78 is 10.9. The van der Waals surface area contributed by atoms with Crippen molar-refractivity contribution in [1.82, 2.24) is 4.98 Å². The highest BCUT2D eigenvalue weighted by Crippen LogP contribution is 2.28. The van der Waals surface area contributed by atoms with Gasteiger partial charge in [-0.05, 0) is 61.0 Å². The average molecular weight is 400 g/mol. The first-order valence-electron chi connectivity index (χ1n) is 9.93. The summed E-state index contributed by atoms with van der Waals surface area (Å²) in [6.45, 7) is 2.58. The van der Waals surface area contributed by atoms with E-state index >= 15 is 0 Å². The van der Waals surface area contributed by atoms with Crippen LogP contribution in [-0.4, -0.2) is 18.7 Å². The number of rotatable bonds is 7. The minimum Gasteiger partial charge on any atom is -0.497 e. The largest absolute Gasteiger partial charge is 0.497 e. The van der Waals surface area contributed by atoms with Gasteiger partial charge in [0.25, 0.3) is 5.56 Å². The van der Waals surface area contributed by atoms with Crippen molar-refractivity contribution in [1.29, 1.82) is 0 Å². The van der Waals surface area contributed by atoms with Crippen LogP contribution in [0.25, 0.3) is 10.9 Å². The Morgan fingerprint density at radius 3 is 2.37 bits per heavy atom. The predicted octanol–water partition coefficient (Wildman–Crippen LogP) is 5.14. The number of aromatic nitrogens is 1. The zero-order valence-electron chi connectivity index (χ0n) is 17.0. The van der Waals surface area contributed by atoms with Gasteiger partial charge in [-0.2, -0.15) is 0 Å². The summed E-state index contributed by atoms with van der Waals surface area (Å²) in [5, 5.41) is 4.42. The fraction of sp³-hybridized carbons (Fsp3) is 0.160. The second-order valence-electron chi connectivity index (χ2n) is 6.95. The second-order valence-corrected chi connectivity index (χ2v) is 6.95. The molecule has 0 aliphatic rings. The van der Waals surface area contributed by atoms with E-state index in [2.05, 4.69) is 10.3 Å². The molecule has 0 saturated heterocycles. The van der Waals surface area contributed by atoms with Gasteiger partial charge in [0, 0.05) is 22.2 Å². The minimum atomic E-state index is -0.316. The predicted molar refractivity (Wildman–Crippen MR) is 121 cm³/mol. The van der Waals surface area contributed by atoms with Crippen LogP contribution in [0.4, 0.5) is 5.69 Å². The van der Waals surface area contributed by atoms with Gasteiger partial charge >= 0.3 is 0 Å². The lowest BCUT2D eigenvalue weighted by Gasteiger charge is -2.21. The SMILES string of the molecule is CCOc1ccc(N[C@H](c2ccccc2)c2cc3cc(OC)ccc3[nH]c2=O)cc1. The molecule has 5 heteroatoms. The van der Waals surface area contributed by atoms with Crippen LogP contribution in [0.5, 0.6) is 11.5 Å². The molecule has 0 unspecified atom stereocenters. The Hall–Kier alpha value is -3.73. The first-order valence-corrected chi connectivity index (χ1v) is 9.93. The number of benzene rings is 3. The van der Waals surface area contributed by atoms with Crippen LogP contribution in [0.15, 0.2) is 83.7 Å². The topological polar surface area (TPSA) is 63.4 Å². The fourth-order valence-electron chi connectivity index (χ4n) is 3.51. The molecular weight excluding hydrogens is 376 g/mol. The molecule has 0 radical (unpaired) electrons. The lowest BCUT2D eigenvalue weighted by atomic mass is 9.98. The molecule has 1 heterocycles. The maximum atomic E-state index is 13.0. The Bertz CT molecular complexity index is 1180. The van der Waals surface area contributed by atoms with E-state index in [1.54, 1.807) is 7.11 Å². The van der Waals surface area contributed by atoms with E-state index in [-0.39, 0.29) is 11.6 Å². The Balaban J connectivity index is 1.78. The van der Waals surface area contributed by atoms with Gasteiger partial charge in [0.05, 0.1) is 19.8 Å². The van der Waals surface area contributed by atoms with Crippen LogP contribution < -0.4 is 20.3 Å². The Kier molecular flexibility index (Phi) is 5.70. The molecule has 0 fully saturated rings. The van der Waals surface area contributed by atoms with E-state index in [9.17, 15) is 4.79 Å². The van der Waals surface area contributed by atoms with Crippen LogP contribution in [0.1, 0.15) is 24.1 Å². The van der Waals surface area contributed by atoms with Gasteiger partial charge in [-0.25, -0.2) is 0 Å². The number of anilines is 1. The zero-order valence-corrected chi connectivity index (χ0v) is 17.0. The van der Waals surface area contributed by atoms with E-state index in [0.717, 1.165) is 33.7 Å². The van der Waals surface area contributed by atoms with Crippen LogP contribution in [-0.2, 0) is 0 Å². The van der Waals surface area contributed by atoms with Crippen molar-refractivity contribution in [3.05, 3.63) is 100 Å². The van der Waals surface area contributed by atoms with Crippen LogP contribution >= 0.6 is 0 Å². The molecule has 0 saturated carbocycles. The van der Waals surface area contributed by atoms with Crippen molar-refractivity contribution in [2.24, 2.45) is 0 Å². The monoisotopic (exact) mass is 400 g/mol. The normalized spacial score (nSPS) is 11.8. The molecule has 2 N–H and O–H groups in total. The highest BCUT2D eigenvalue weighted by molar-refractivity contribution is 5.81. The molecule has 30 heavy (non-hydrogen) atoms. The first-order chi connectivity index (χ1) is 14.7. The summed E-state index contributed by atoms with van der Waals surface area (Å²) in [5.41, 5.74) is 3.18. The Morgan fingerprint density at radius 2 is 1.67 bits per heavy atom. The van der Waals surface area contributed by atoms with Gasteiger partial charge in [-0.1, -0.05) is 30.3 Å². The summed E-state index contributed by atoms with van der Waals surface area (Å²) in [4.78, 5) is 16.0. The maximum absolute atomic E-state index is 13.0. The molecule has 1 atom stereocenters. The Morgan fingerprint density at radius 1 is 0.933 bits per heavy atom. The van der Waals surface area contributed by atoms with E-state index in [0.29, 0.717) is 12.2 Å². The van der Waals surface area contributed by atoms with Gasteiger partial charge in [0.1, 0.15) is 11.5 Å². The molecule has 5 nitrogen and oxygen atoms in total. The van der Waals surface area contributed by atoms with Gasteiger partial charge < -0.3 is 19.8 Å². The molecule has 0 spiro atoms. The van der Waals surface area contributed by atoms with E-state index in [1.165, 1.54) is 0 Å². The van der Waals surface area contributed by atoms with Crippen LogP contribution in [0.3, 0.4) is 0 Å². The number of ether oxygens (including phenoxy) is 2. The molecule has 0 aliphatic carbocycles. The second kappa shape index (κ2) is 8.74. The standard InChI is InChI=1S/C25H24N2O3/c1-3-30-20-11-9-19(10-12-20)26-24(17-7-5-4-6-8-17)22-16-18-15-21(29-2)13-14-23(18)27-25(22)28/h4-16,24,26H,3H2,1-2H3,(H,27,28)/t24-/m1/s1. The van der Waals surface area contributed by atoms with E-state index in [4.69, 9.17) is 9.47 Å². The number of hydrogen-bond donors (Lipinski definition) is 2. The molecule has 152 valence electrons. The van der Waals surface area contributed by atoms with E-state index in [1.807, 2.05) is 85.8 Å². The summed E-state index contributed by atoms with van der Waals surface area (Å²) in [5.74, 6) is 1.56. The molecule has 0 aliphatic heterocycles. The maximum Gasteiger partial charge on any atom is 0.254 e. The lowest BCUT2D eigenvalue weighted by molar-refractivity contribution is 0.340. The van der Waals surface area contributed by atoms with Crippen molar-refractivity contribution in [3.8, 4) is 11.5 Å². The summed E-state index contributed by atoms with van der Waals surface area (Å²) in [6.07, 6.45) is 0. The van der Waals surface area contributed by atoms with Gasteiger partial charge in [-0.3, -0.25) is 4.79 Å². The third-order valence-electron chi connectivity index (χ3n) is 5.00. The average Bonchev–Trinajstić information content (AvgIpc) is 2.79. The summed E-state index contributed by atoms with van der Waals surface area (Å²) in [6, 6.07) is 24.9. The summed E-state index contributed by atoms with van der Waals surface area (Å²) >= 11 is 0. The zero-order chi connectivity index (χ0) is 20.9. The number of fused-ring (bicyclic) bond motifs is 1. The van der Waals surface area contributed by atoms with Crippen molar-refractivity contribution >= 4 is 16.6 Å². The van der Waals surface area contributed by atoms with E-state index < -0.39 is 0 Å². The number of methoxy groups -OCH3 is 1. The third-order valence-corrected chi connectivity index (χ3v) is 5.00. The van der Waals surface area contributed by atoms with Crippen LogP contribution in [0, 0.1) is 0 Å². The quantitative estimate of drug-likeness (QED) is 0.451. The highest BCUT2D eigenvalue weighted by Gasteiger charge is 2.18. The summed E-state index contributed by atoms with van der Waals surface area (Å²) in [7, 11) is 1.63. The number of hydrogen-bond acceptors (Lipinski definition) is 4. The third kappa shape index (κ3) is 4.15. The number of H-pyrrole nitrogens is 1.